The fourth-order valence-corrected chi connectivity index (χ4v) is 9.04. The zero-order valence-corrected chi connectivity index (χ0v) is 22.3. The SMILES string of the molecule is CCOC(=O)OC1CC[C@@]2(C)C(=CCC3C4CCC(C(C)CCCC(C)C)[C@@]4(C)CCC32)C1. The number of carbonyl (C=O) groups excluding carboxylic acids is 1. The minimum absolute atomic E-state index is 0.00340. The smallest absolute Gasteiger partial charge is 0.435 e. The first-order chi connectivity index (χ1) is 15.7. The Morgan fingerprint density at radius 2 is 1.85 bits per heavy atom. The molecule has 0 aromatic heterocycles. The molecule has 0 amide bonds. The van der Waals surface area contributed by atoms with Crippen molar-refractivity contribution in [3.63, 3.8) is 0 Å². The van der Waals surface area contributed by atoms with Gasteiger partial charge < -0.3 is 9.47 Å². The van der Waals surface area contributed by atoms with Gasteiger partial charge in [-0.2, -0.15) is 0 Å². The molecule has 3 heteroatoms. The summed E-state index contributed by atoms with van der Waals surface area (Å²) in [4.78, 5) is 11.9. The van der Waals surface area contributed by atoms with Crippen LogP contribution in [0, 0.1) is 46.3 Å². The van der Waals surface area contributed by atoms with Crippen LogP contribution in [0.25, 0.3) is 0 Å². The molecule has 0 aromatic rings. The normalized spacial score (nSPS) is 40.9. The molecule has 0 aliphatic heterocycles. The molecule has 188 valence electrons. The van der Waals surface area contributed by atoms with E-state index in [1.54, 1.807) is 5.57 Å². The second kappa shape index (κ2) is 9.94. The zero-order valence-electron chi connectivity index (χ0n) is 22.3. The van der Waals surface area contributed by atoms with Crippen LogP contribution < -0.4 is 0 Å². The number of carbonyl (C=O) groups is 1. The maximum atomic E-state index is 11.9. The largest absolute Gasteiger partial charge is 0.508 e. The highest BCUT2D eigenvalue weighted by atomic mass is 16.7. The van der Waals surface area contributed by atoms with Gasteiger partial charge in [-0.3, -0.25) is 0 Å². The molecule has 6 unspecified atom stereocenters. The topological polar surface area (TPSA) is 35.5 Å². The Morgan fingerprint density at radius 1 is 1.06 bits per heavy atom. The Balaban J connectivity index is 1.43. The summed E-state index contributed by atoms with van der Waals surface area (Å²) in [5.74, 6) is 5.19. The minimum atomic E-state index is -0.492. The summed E-state index contributed by atoms with van der Waals surface area (Å²) in [6.45, 7) is 14.7. The van der Waals surface area contributed by atoms with Gasteiger partial charge in [0.15, 0.2) is 0 Å². The summed E-state index contributed by atoms with van der Waals surface area (Å²) >= 11 is 0. The van der Waals surface area contributed by atoms with E-state index in [9.17, 15) is 4.79 Å². The Morgan fingerprint density at radius 3 is 2.58 bits per heavy atom. The highest BCUT2D eigenvalue weighted by Gasteiger charge is 2.59. The van der Waals surface area contributed by atoms with Crippen molar-refractivity contribution in [3.8, 4) is 0 Å². The first-order valence-corrected chi connectivity index (χ1v) is 14.2. The van der Waals surface area contributed by atoms with Crippen molar-refractivity contribution in [2.45, 2.75) is 118 Å². The van der Waals surface area contributed by atoms with Gasteiger partial charge in [0.05, 0.1) is 6.61 Å². The minimum Gasteiger partial charge on any atom is -0.435 e. The third-order valence-corrected chi connectivity index (χ3v) is 10.8. The summed E-state index contributed by atoms with van der Waals surface area (Å²) in [5, 5.41) is 0. The molecule has 0 radical (unpaired) electrons. The van der Waals surface area contributed by atoms with Crippen molar-refractivity contribution in [1.29, 1.82) is 0 Å². The second-order valence-corrected chi connectivity index (χ2v) is 13.0. The molecule has 4 aliphatic rings. The third-order valence-electron chi connectivity index (χ3n) is 10.8. The standard InChI is InChI=1S/C30H50O3/c1-7-32-28(31)33-23-15-17-29(5)22(19-23)11-12-24-26-14-13-25(21(4)10-8-9-20(2)3)30(26,6)18-16-27(24)29/h11,20-21,23-27H,7-10,12-19H2,1-6H3/t21?,23?,24?,25?,26?,27?,29-,30+/m0/s1. The van der Waals surface area contributed by atoms with Crippen LogP contribution in [0.5, 0.6) is 0 Å². The van der Waals surface area contributed by atoms with Gasteiger partial charge in [-0.05, 0) is 98.2 Å². The van der Waals surface area contributed by atoms with Crippen molar-refractivity contribution >= 4 is 6.16 Å². The van der Waals surface area contributed by atoms with Crippen LogP contribution in [0.1, 0.15) is 112 Å². The average molecular weight is 459 g/mol. The number of fused-ring (bicyclic) bond motifs is 5. The van der Waals surface area contributed by atoms with E-state index < -0.39 is 6.16 Å². The molecule has 0 saturated heterocycles. The maximum Gasteiger partial charge on any atom is 0.508 e. The van der Waals surface area contributed by atoms with E-state index in [4.69, 9.17) is 9.47 Å². The lowest BCUT2D eigenvalue weighted by Gasteiger charge is -2.58. The van der Waals surface area contributed by atoms with E-state index in [1.807, 2.05) is 6.92 Å². The molecule has 0 bridgehead atoms. The van der Waals surface area contributed by atoms with Gasteiger partial charge in [0.2, 0.25) is 0 Å². The lowest BCUT2D eigenvalue weighted by Crippen LogP contribution is -2.51. The molecule has 0 heterocycles. The molecule has 0 N–H and O–H groups in total. The fraction of sp³-hybridized carbons (Fsp3) is 0.900. The van der Waals surface area contributed by atoms with Gasteiger partial charge in [0.1, 0.15) is 6.10 Å². The molecule has 3 fully saturated rings. The Kier molecular flexibility index (Phi) is 7.56. The van der Waals surface area contributed by atoms with E-state index in [-0.39, 0.29) is 6.10 Å². The zero-order chi connectivity index (χ0) is 23.8. The van der Waals surface area contributed by atoms with E-state index >= 15 is 0 Å². The van der Waals surface area contributed by atoms with E-state index in [0.29, 0.717) is 17.4 Å². The van der Waals surface area contributed by atoms with Gasteiger partial charge >= 0.3 is 6.16 Å². The molecule has 4 rings (SSSR count). The van der Waals surface area contributed by atoms with Crippen LogP contribution in [0.2, 0.25) is 0 Å². The lowest BCUT2D eigenvalue weighted by molar-refractivity contribution is -0.0615. The molecule has 0 aromatic carbocycles. The quantitative estimate of drug-likeness (QED) is 0.283. The van der Waals surface area contributed by atoms with E-state index in [0.717, 1.165) is 54.8 Å². The van der Waals surface area contributed by atoms with Crippen molar-refractivity contribution in [3.05, 3.63) is 11.6 Å². The highest BCUT2D eigenvalue weighted by molar-refractivity contribution is 5.60. The van der Waals surface area contributed by atoms with Crippen LogP contribution in [0.4, 0.5) is 4.79 Å². The molecular formula is C30H50O3. The summed E-state index contributed by atoms with van der Waals surface area (Å²) in [7, 11) is 0. The molecule has 3 saturated carbocycles. The Bertz CT molecular complexity index is 726. The molecule has 8 atom stereocenters. The van der Waals surface area contributed by atoms with Crippen LogP contribution >= 0.6 is 0 Å². The number of ether oxygens (including phenoxy) is 2. The summed E-state index contributed by atoms with van der Waals surface area (Å²) in [6.07, 6.45) is 16.3. The molecule has 0 spiro atoms. The van der Waals surface area contributed by atoms with Gasteiger partial charge in [-0.25, -0.2) is 4.79 Å². The Hall–Kier alpha value is -0.990. The van der Waals surface area contributed by atoms with Gasteiger partial charge in [0.25, 0.3) is 0 Å². The number of allylic oxidation sites excluding steroid dienone is 1. The molecule has 4 aliphatic carbocycles. The highest BCUT2D eigenvalue weighted by Crippen LogP contribution is 2.67. The van der Waals surface area contributed by atoms with E-state index in [1.165, 1.54) is 51.4 Å². The lowest BCUT2D eigenvalue weighted by atomic mass is 9.47. The van der Waals surface area contributed by atoms with E-state index in [2.05, 4.69) is 40.7 Å². The predicted molar refractivity (Wildman–Crippen MR) is 135 cm³/mol. The number of hydrogen-bond donors (Lipinski definition) is 0. The van der Waals surface area contributed by atoms with Crippen LogP contribution in [-0.2, 0) is 9.47 Å². The van der Waals surface area contributed by atoms with Crippen molar-refractivity contribution < 1.29 is 14.3 Å². The summed E-state index contributed by atoms with van der Waals surface area (Å²) < 4.78 is 10.7. The molecular weight excluding hydrogens is 408 g/mol. The van der Waals surface area contributed by atoms with Crippen LogP contribution in [-0.4, -0.2) is 18.9 Å². The molecule has 3 nitrogen and oxygen atoms in total. The fourth-order valence-electron chi connectivity index (χ4n) is 9.04. The van der Waals surface area contributed by atoms with Crippen molar-refractivity contribution in [2.75, 3.05) is 6.61 Å². The Labute approximate surface area is 203 Å². The number of hydrogen-bond acceptors (Lipinski definition) is 3. The summed E-state index contributed by atoms with van der Waals surface area (Å²) in [6, 6.07) is 0. The van der Waals surface area contributed by atoms with Crippen molar-refractivity contribution in [2.24, 2.45) is 46.3 Å². The average Bonchev–Trinajstić information content (AvgIpc) is 3.11. The van der Waals surface area contributed by atoms with Gasteiger partial charge in [-0.15, -0.1) is 0 Å². The summed E-state index contributed by atoms with van der Waals surface area (Å²) in [5.41, 5.74) is 2.42. The molecule has 33 heavy (non-hydrogen) atoms. The first-order valence-electron chi connectivity index (χ1n) is 14.2. The first kappa shape index (κ1) is 25.1. The predicted octanol–water partition coefficient (Wildman–Crippen LogP) is 8.57. The van der Waals surface area contributed by atoms with Crippen LogP contribution in [0.15, 0.2) is 11.6 Å². The van der Waals surface area contributed by atoms with Gasteiger partial charge in [0, 0.05) is 6.42 Å². The van der Waals surface area contributed by atoms with Gasteiger partial charge in [-0.1, -0.05) is 65.5 Å². The maximum absolute atomic E-state index is 11.9. The second-order valence-electron chi connectivity index (χ2n) is 13.0. The number of rotatable bonds is 7. The third kappa shape index (κ3) is 4.76. The van der Waals surface area contributed by atoms with Crippen LogP contribution in [0.3, 0.4) is 0 Å². The van der Waals surface area contributed by atoms with Crippen molar-refractivity contribution in [1.82, 2.24) is 0 Å². The monoisotopic (exact) mass is 458 g/mol.